The Morgan fingerprint density at radius 3 is 2.65 bits per heavy atom. The van der Waals surface area contributed by atoms with Gasteiger partial charge in [0.15, 0.2) is 0 Å². The molecule has 2 rings (SSSR count). The number of nitrogens with zero attached hydrogens (tertiary/aromatic N) is 4. The van der Waals surface area contributed by atoms with E-state index in [1.54, 1.807) is 18.0 Å². The standard InChI is InChI=1S/C15H24N4O4/c1-9-6-10(17-15(16-9)18(2)3)14(21)19(4)11-7-23-8-12(22-5)13(11)20/h6,11-13,20H,7-8H2,1-5H3/t11-,12-,13+/m1/s1. The van der Waals surface area contributed by atoms with Crippen molar-refractivity contribution in [3.8, 4) is 0 Å². The van der Waals surface area contributed by atoms with Crippen molar-refractivity contribution >= 4 is 11.9 Å². The second-order valence-corrected chi connectivity index (χ2v) is 5.87. The first-order valence-corrected chi connectivity index (χ1v) is 7.44. The SMILES string of the molecule is CO[C@@H]1COC[C@@H](N(C)C(=O)c2cc(C)nc(N(C)C)n2)[C@@H]1O. The summed E-state index contributed by atoms with van der Waals surface area (Å²) in [5.74, 6) is 0.181. The fourth-order valence-electron chi connectivity index (χ4n) is 2.49. The number of ether oxygens (including phenoxy) is 2. The summed E-state index contributed by atoms with van der Waals surface area (Å²) in [4.78, 5) is 24.5. The maximum atomic E-state index is 12.7. The molecular formula is C15H24N4O4. The van der Waals surface area contributed by atoms with Crippen molar-refractivity contribution in [1.82, 2.24) is 14.9 Å². The summed E-state index contributed by atoms with van der Waals surface area (Å²) < 4.78 is 10.6. The summed E-state index contributed by atoms with van der Waals surface area (Å²) in [5.41, 5.74) is 0.992. The molecule has 8 heteroatoms. The Balaban J connectivity index is 2.22. The van der Waals surface area contributed by atoms with Crippen LogP contribution in [0.1, 0.15) is 16.2 Å². The molecule has 0 saturated carbocycles. The van der Waals surface area contributed by atoms with Crippen LogP contribution in [-0.2, 0) is 9.47 Å². The molecule has 23 heavy (non-hydrogen) atoms. The van der Waals surface area contributed by atoms with E-state index in [0.717, 1.165) is 0 Å². The van der Waals surface area contributed by atoms with Crippen molar-refractivity contribution < 1.29 is 19.4 Å². The van der Waals surface area contributed by atoms with E-state index in [2.05, 4.69) is 9.97 Å². The summed E-state index contributed by atoms with van der Waals surface area (Å²) >= 11 is 0. The van der Waals surface area contributed by atoms with E-state index in [1.807, 2.05) is 21.0 Å². The van der Waals surface area contributed by atoms with Crippen LogP contribution in [0.5, 0.6) is 0 Å². The minimum atomic E-state index is -0.807. The van der Waals surface area contributed by atoms with E-state index in [0.29, 0.717) is 18.2 Å². The molecule has 3 atom stereocenters. The van der Waals surface area contributed by atoms with E-state index in [9.17, 15) is 9.90 Å². The molecular weight excluding hydrogens is 300 g/mol. The summed E-state index contributed by atoms with van der Waals surface area (Å²) in [5, 5.41) is 10.4. The Morgan fingerprint density at radius 2 is 2.04 bits per heavy atom. The minimum Gasteiger partial charge on any atom is -0.388 e. The minimum absolute atomic E-state index is 0.258. The number of amides is 1. The molecule has 1 fully saturated rings. The Bertz CT molecular complexity index is 566. The lowest BCUT2D eigenvalue weighted by Crippen LogP contribution is -2.56. The highest BCUT2D eigenvalue weighted by Crippen LogP contribution is 2.18. The van der Waals surface area contributed by atoms with Gasteiger partial charge in [-0.15, -0.1) is 0 Å². The third-order valence-electron chi connectivity index (χ3n) is 3.93. The van der Waals surface area contributed by atoms with Crippen molar-refractivity contribution in [3.05, 3.63) is 17.5 Å². The van der Waals surface area contributed by atoms with E-state index < -0.39 is 18.2 Å². The molecule has 0 unspecified atom stereocenters. The predicted molar refractivity (Wildman–Crippen MR) is 84.6 cm³/mol. The summed E-state index contributed by atoms with van der Waals surface area (Å²) in [6.45, 7) is 2.38. The number of aliphatic hydroxyl groups is 1. The molecule has 1 aromatic rings. The lowest BCUT2D eigenvalue weighted by Gasteiger charge is -2.38. The maximum absolute atomic E-state index is 12.7. The zero-order valence-electron chi connectivity index (χ0n) is 14.2. The van der Waals surface area contributed by atoms with Crippen molar-refractivity contribution in [3.63, 3.8) is 0 Å². The van der Waals surface area contributed by atoms with Gasteiger partial charge in [-0.1, -0.05) is 0 Å². The van der Waals surface area contributed by atoms with Gasteiger partial charge in [0, 0.05) is 33.9 Å². The quantitative estimate of drug-likeness (QED) is 0.813. The van der Waals surface area contributed by atoms with Gasteiger partial charge < -0.3 is 24.4 Å². The first-order chi connectivity index (χ1) is 10.8. The maximum Gasteiger partial charge on any atom is 0.272 e. The van der Waals surface area contributed by atoms with Crippen LogP contribution in [0.25, 0.3) is 0 Å². The lowest BCUT2D eigenvalue weighted by atomic mass is 10.0. The Kier molecular flexibility index (Phi) is 5.51. The van der Waals surface area contributed by atoms with E-state index in [4.69, 9.17) is 9.47 Å². The number of aliphatic hydroxyl groups excluding tert-OH is 1. The van der Waals surface area contributed by atoms with Crippen molar-refractivity contribution in [2.24, 2.45) is 0 Å². The van der Waals surface area contributed by atoms with Gasteiger partial charge in [0.05, 0.1) is 19.3 Å². The smallest absolute Gasteiger partial charge is 0.272 e. The average Bonchev–Trinajstić information content (AvgIpc) is 2.53. The van der Waals surface area contributed by atoms with Crippen molar-refractivity contribution in [2.75, 3.05) is 46.4 Å². The highest BCUT2D eigenvalue weighted by Gasteiger charge is 2.37. The molecule has 1 amide bonds. The number of anilines is 1. The number of hydrogen-bond acceptors (Lipinski definition) is 7. The van der Waals surface area contributed by atoms with Crippen LogP contribution in [0.4, 0.5) is 5.95 Å². The van der Waals surface area contributed by atoms with Gasteiger partial charge in [0.1, 0.15) is 17.9 Å². The molecule has 8 nitrogen and oxygen atoms in total. The van der Waals surface area contributed by atoms with E-state index >= 15 is 0 Å². The molecule has 1 N–H and O–H groups in total. The number of likely N-dealkylation sites (N-methyl/N-ethyl adjacent to an activating group) is 1. The Labute approximate surface area is 136 Å². The molecule has 0 aliphatic carbocycles. The van der Waals surface area contributed by atoms with Gasteiger partial charge in [0.25, 0.3) is 5.91 Å². The molecule has 1 aliphatic rings. The summed E-state index contributed by atoms with van der Waals surface area (Å²) in [6, 6.07) is 1.15. The molecule has 0 aromatic carbocycles. The number of aromatic nitrogens is 2. The average molecular weight is 324 g/mol. The molecule has 0 spiro atoms. The predicted octanol–water partition coefficient (Wildman–Crippen LogP) is -0.302. The van der Waals surface area contributed by atoms with Crippen LogP contribution in [0.3, 0.4) is 0 Å². The molecule has 1 aliphatic heterocycles. The van der Waals surface area contributed by atoms with Crippen LogP contribution >= 0.6 is 0 Å². The highest BCUT2D eigenvalue weighted by molar-refractivity contribution is 5.92. The van der Waals surface area contributed by atoms with Gasteiger partial charge in [-0.3, -0.25) is 4.79 Å². The van der Waals surface area contributed by atoms with E-state index in [-0.39, 0.29) is 18.2 Å². The molecule has 1 aromatic heterocycles. The molecule has 2 heterocycles. The van der Waals surface area contributed by atoms with Gasteiger partial charge in [-0.2, -0.15) is 0 Å². The fourth-order valence-corrected chi connectivity index (χ4v) is 2.49. The zero-order chi connectivity index (χ0) is 17.1. The van der Waals surface area contributed by atoms with Crippen molar-refractivity contribution in [2.45, 2.75) is 25.2 Å². The van der Waals surface area contributed by atoms with Crippen molar-refractivity contribution in [1.29, 1.82) is 0 Å². The Morgan fingerprint density at radius 1 is 1.35 bits per heavy atom. The topological polar surface area (TPSA) is 88.0 Å². The third-order valence-corrected chi connectivity index (χ3v) is 3.93. The van der Waals surface area contributed by atoms with Gasteiger partial charge >= 0.3 is 0 Å². The van der Waals surface area contributed by atoms with Crippen LogP contribution in [-0.4, -0.2) is 85.6 Å². The number of aryl methyl sites for hydroxylation is 1. The van der Waals surface area contributed by atoms with Crippen LogP contribution in [0.2, 0.25) is 0 Å². The van der Waals surface area contributed by atoms with Crippen LogP contribution in [0.15, 0.2) is 6.07 Å². The fraction of sp³-hybridized carbons (Fsp3) is 0.667. The normalized spacial score (nSPS) is 24.3. The number of methoxy groups -OCH3 is 1. The monoisotopic (exact) mass is 324 g/mol. The second kappa shape index (κ2) is 7.20. The van der Waals surface area contributed by atoms with Gasteiger partial charge in [0.2, 0.25) is 5.95 Å². The number of carbonyl (C=O) groups excluding carboxylic acids is 1. The van der Waals surface area contributed by atoms with Gasteiger partial charge in [-0.05, 0) is 13.0 Å². The van der Waals surface area contributed by atoms with E-state index in [1.165, 1.54) is 12.0 Å². The number of carbonyl (C=O) groups is 1. The third kappa shape index (κ3) is 3.77. The molecule has 0 bridgehead atoms. The number of hydrogen-bond donors (Lipinski definition) is 1. The number of rotatable bonds is 4. The van der Waals surface area contributed by atoms with Crippen LogP contribution < -0.4 is 4.90 Å². The Hall–Kier alpha value is -1.77. The first-order valence-electron chi connectivity index (χ1n) is 7.44. The molecule has 0 radical (unpaired) electrons. The second-order valence-electron chi connectivity index (χ2n) is 5.87. The first kappa shape index (κ1) is 17.6. The van der Waals surface area contributed by atoms with Crippen LogP contribution in [0, 0.1) is 6.92 Å². The molecule has 1 saturated heterocycles. The summed E-state index contributed by atoms with van der Waals surface area (Å²) in [7, 11) is 6.77. The zero-order valence-corrected chi connectivity index (χ0v) is 14.2. The largest absolute Gasteiger partial charge is 0.388 e. The summed E-state index contributed by atoms with van der Waals surface area (Å²) in [6.07, 6.45) is -1.26. The lowest BCUT2D eigenvalue weighted by molar-refractivity contribution is -0.135. The highest BCUT2D eigenvalue weighted by atomic mass is 16.5. The molecule has 128 valence electrons. The van der Waals surface area contributed by atoms with Gasteiger partial charge in [-0.25, -0.2) is 9.97 Å².